The van der Waals surface area contributed by atoms with E-state index in [9.17, 15) is 16.8 Å². The molecule has 0 aromatic heterocycles. The van der Waals surface area contributed by atoms with Gasteiger partial charge in [0.15, 0.2) is 12.5 Å². The molecular formula is C16H23N7O4S2. The summed E-state index contributed by atoms with van der Waals surface area (Å²) in [6, 6.07) is 2.55. The normalized spacial score (nSPS) is 19.9. The Balaban J connectivity index is 2.35. The molecule has 0 fully saturated rings. The van der Waals surface area contributed by atoms with Gasteiger partial charge in [0, 0.05) is 24.7 Å². The van der Waals surface area contributed by atoms with Crippen LogP contribution in [-0.4, -0.2) is 48.5 Å². The first-order valence-corrected chi connectivity index (χ1v) is 12.0. The van der Waals surface area contributed by atoms with Gasteiger partial charge in [0.25, 0.3) is 0 Å². The van der Waals surface area contributed by atoms with Gasteiger partial charge in [0.2, 0.25) is 20.0 Å². The Morgan fingerprint density at radius 1 is 1.21 bits per heavy atom. The van der Waals surface area contributed by atoms with E-state index in [-0.39, 0.29) is 37.2 Å². The maximum absolute atomic E-state index is 12.8. The van der Waals surface area contributed by atoms with Crippen molar-refractivity contribution < 1.29 is 16.8 Å². The van der Waals surface area contributed by atoms with Crippen LogP contribution in [0, 0.1) is 0 Å². The van der Waals surface area contributed by atoms with Gasteiger partial charge in [0.1, 0.15) is 9.79 Å². The van der Waals surface area contributed by atoms with Gasteiger partial charge < -0.3 is 11.5 Å². The number of nitrogens with zero attached hydrogens (tertiary/aromatic N) is 3. The van der Waals surface area contributed by atoms with E-state index in [0.717, 1.165) is 18.4 Å². The van der Waals surface area contributed by atoms with Crippen LogP contribution < -0.4 is 21.3 Å². The van der Waals surface area contributed by atoms with E-state index in [1.807, 2.05) is 6.08 Å². The number of rotatable bonds is 7. The Kier molecular flexibility index (Phi) is 6.26. The molecule has 0 radical (unpaired) electrons. The highest BCUT2D eigenvalue weighted by atomic mass is 32.2. The standard InChI is InChI=1S/C16H23N7O4S2/c17-6-7-22-29(26,27)13-5-4-12(10-2-1-3-11(18)8-10)14(15(13)28(19,24)25)16-20-9-21-23-16/h4-5,8,11,22H,1-3,6-7,9,17-18H2,(H2,19,24,25). The molecule has 0 bridgehead atoms. The SMILES string of the molecule is NCCNS(=O)(=O)c1ccc(C2=CC(N)CCC2)c(C2=NCN=N2)c1S(N)(=O)=O. The summed E-state index contributed by atoms with van der Waals surface area (Å²) in [6.07, 6.45) is 4.09. The largest absolute Gasteiger partial charge is 0.329 e. The predicted octanol–water partition coefficient (Wildman–Crippen LogP) is -0.364. The summed E-state index contributed by atoms with van der Waals surface area (Å²) in [5.41, 5.74) is 12.7. The van der Waals surface area contributed by atoms with Crippen molar-refractivity contribution in [3.63, 3.8) is 0 Å². The van der Waals surface area contributed by atoms with Gasteiger partial charge in [-0.05, 0) is 36.5 Å². The lowest BCUT2D eigenvalue weighted by atomic mass is 9.88. The zero-order valence-corrected chi connectivity index (χ0v) is 17.2. The van der Waals surface area contributed by atoms with Crippen molar-refractivity contribution in [1.29, 1.82) is 0 Å². The van der Waals surface area contributed by atoms with Crippen molar-refractivity contribution in [1.82, 2.24) is 4.72 Å². The molecule has 1 aromatic rings. The molecule has 0 saturated heterocycles. The minimum Gasteiger partial charge on any atom is -0.329 e. The van der Waals surface area contributed by atoms with Crippen molar-refractivity contribution >= 4 is 31.5 Å². The van der Waals surface area contributed by atoms with Crippen LogP contribution in [0.3, 0.4) is 0 Å². The first-order chi connectivity index (χ1) is 13.6. The minimum absolute atomic E-state index is 0.0137. The molecule has 1 aliphatic carbocycles. The fourth-order valence-corrected chi connectivity index (χ4v) is 6.00. The van der Waals surface area contributed by atoms with E-state index in [1.165, 1.54) is 12.1 Å². The first-order valence-electron chi connectivity index (χ1n) is 8.93. The average molecular weight is 442 g/mol. The number of azo groups is 1. The zero-order chi connectivity index (χ0) is 21.2. The van der Waals surface area contributed by atoms with Crippen molar-refractivity contribution in [3.8, 4) is 0 Å². The minimum atomic E-state index is -4.48. The Morgan fingerprint density at radius 2 is 1.97 bits per heavy atom. The lowest BCUT2D eigenvalue weighted by molar-refractivity contribution is 0.573. The molecule has 1 heterocycles. The molecular weight excluding hydrogens is 418 g/mol. The van der Waals surface area contributed by atoms with Crippen LogP contribution in [0.5, 0.6) is 0 Å². The van der Waals surface area contributed by atoms with Crippen molar-refractivity contribution in [2.45, 2.75) is 35.1 Å². The van der Waals surface area contributed by atoms with Crippen molar-refractivity contribution in [2.75, 3.05) is 19.8 Å². The molecule has 1 aromatic carbocycles. The second kappa shape index (κ2) is 8.38. The van der Waals surface area contributed by atoms with Crippen LogP contribution >= 0.6 is 0 Å². The van der Waals surface area contributed by atoms with E-state index < -0.39 is 29.8 Å². The smallest absolute Gasteiger partial charge is 0.241 e. The molecule has 29 heavy (non-hydrogen) atoms. The quantitative estimate of drug-likeness (QED) is 0.445. The summed E-state index contributed by atoms with van der Waals surface area (Å²) in [4.78, 5) is 3.05. The Labute approximate surface area is 169 Å². The van der Waals surface area contributed by atoms with Gasteiger partial charge in [-0.15, -0.1) is 5.11 Å². The van der Waals surface area contributed by atoms with E-state index >= 15 is 0 Å². The molecule has 13 heteroatoms. The summed E-state index contributed by atoms with van der Waals surface area (Å²) in [5.74, 6) is 0.0138. The monoisotopic (exact) mass is 441 g/mol. The predicted molar refractivity (Wildman–Crippen MR) is 108 cm³/mol. The summed E-state index contributed by atoms with van der Waals surface area (Å²) in [7, 11) is -8.68. The number of nitrogens with two attached hydrogens (primary N) is 3. The molecule has 2 aliphatic rings. The van der Waals surface area contributed by atoms with E-state index in [1.54, 1.807) is 0 Å². The number of hydrogen-bond donors (Lipinski definition) is 4. The van der Waals surface area contributed by atoms with Gasteiger partial charge in [0.05, 0.1) is 0 Å². The number of primary sulfonamides is 1. The number of nitrogens with one attached hydrogen (secondary N) is 1. The average Bonchev–Trinajstić information content (AvgIpc) is 3.19. The van der Waals surface area contributed by atoms with E-state index in [4.69, 9.17) is 16.6 Å². The number of aliphatic imine (C=N–C) groups is 1. The Hall–Kier alpha value is -2.03. The second-order valence-corrected chi connectivity index (χ2v) is 9.89. The molecule has 3 rings (SSSR count). The van der Waals surface area contributed by atoms with Crippen LogP contribution in [0.25, 0.3) is 5.57 Å². The van der Waals surface area contributed by atoms with Crippen LogP contribution in [0.15, 0.2) is 43.2 Å². The highest BCUT2D eigenvalue weighted by Crippen LogP contribution is 2.36. The Bertz CT molecular complexity index is 1110. The van der Waals surface area contributed by atoms with Gasteiger partial charge in [-0.1, -0.05) is 12.1 Å². The Morgan fingerprint density at radius 3 is 2.55 bits per heavy atom. The molecule has 1 atom stereocenters. The molecule has 158 valence electrons. The van der Waals surface area contributed by atoms with Gasteiger partial charge in [-0.3, -0.25) is 0 Å². The van der Waals surface area contributed by atoms with Gasteiger partial charge >= 0.3 is 0 Å². The second-order valence-electron chi connectivity index (χ2n) is 6.66. The summed E-state index contributed by atoms with van der Waals surface area (Å²) >= 11 is 0. The topological polar surface area (TPSA) is 195 Å². The number of benzene rings is 1. The van der Waals surface area contributed by atoms with Crippen molar-refractivity contribution in [2.24, 2.45) is 31.8 Å². The molecule has 11 nitrogen and oxygen atoms in total. The van der Waals surface area contributed by atoms with Crippen molar-refractivity contribution in [3.05, 3.63) is 29.3 Å². The van der Waals surface area contributed by atoms with Crippen LogP contribution in [-0.2, 0) is 20.0 Å². The van der Waals surface area contributed by atoms with Gasteiger partial charge in [-0.2, -0.15) is 5.11 Å². The lowest BCUT2D eigenvalue weighted by Gasteiger charge is -2.22. The third-order valence-corrected chi connectivity index (χ3v) is 7.18. The number of hydrogen-bond acceptors (Lipinski definition) is 9. The number of amidine groups is 1. The fourth-order valence-electron chi connectivity index (χ4n) is 3.35. The van der Waals surface area contributed by atoms with Crippen LogP contribution in [0.4, 0.5) is 0 Å². The third kappa shape index (κ3) is 4.60. The molecule has 1 aliphatic heterocycles. The summed E-state index contributed by atoms with van der Waals surface area (Å²) in [5, 5.41) is 13.1. The van der Waals surface area contributed by atoms with Crippen LogP contribution in [0.2, 0.25) is 0 Å². The van der Waals surface area contributed by atoms with E-state index in [0.29, 0.717) is 12.0 Å². The van der Waals surface area contributed by atoms with Gasteiger partial charge in [-0.25, -0.2) is 31.7 Å². The molecule has 0 saturated carbocycles. The number of allylic oxidation sites excluding steroid dienone is 1. The molecule has 1 unspecified atom stereocenters. The highest BCUT2D eigenvalue weighted by Gasteiger charge is 2.33. The third-order valence-electron chi connectivity index (χ3n) is 4.55. The molecule has 7 N–H and O–H groups in total. The maximum atomic E-state index is 12.8. The first kappa shape index (κ1) is 21.7. The summed E-state index contributed by atoms with van der Waals surface area (Å²) < 4.78 is 52.8. The fraction of sp³-hybridized carbons (Fsp3) is 0.438. The van der Waals surface area contributed by atoms with Crippen LogP contribution in [0.1, 0.15) is 30.4 Å². The molecule has 0 amide bonds. The highest BCUT2D eigenvalue weighted by molar-refractivity contribution is 7.92. The summed E-state index contributed by atoms with van der Waals surface area (Å²) in [6.45, 7) is -0.00942. The number of sulfonamides is 2. The molecule has 0 spiro atoms. The maximum Gasteiger partial charge on any atom is 0.241 e. The zero-order valence-electron chi connectivity index (χ0n) is 15.6. The lowest BCUT2D eigenvalue weighted by Crippen LogP contribution is -2.32. The van der Waals surface area contributed by atoms with E-state index in [2.05, 4.69) is 19.9 Å².